The molecule has 0 amide bonds. The molecule has 1 saturated heterocycles. The molecule has 2 rings (SSSR count). The van der Waals surface area contributed by atoms with Crippen LogP contribution in [0.3, 0.4) is 0 Å². The summed E-state index contributed by atoms with van der Waals surface area (Å²) in [6, 6.07) is 0. The van der Waals surface area contributed by atoms with E-state index in [2.05, 4.69) is 17.2 Å². The molecule has 15 heavy (non-hydrogen) atoms. The van der Waals surface area contributed by atoms with Crippen molar-refractivity contribution in [3.05, 3.63) is 15.6 Å². The molecule has 0 aliphatic carbocycles. The number of hydrogen-bond donors (Lipinski definition) is 2. The lowest BCUT2D eigenvalue weighted by molar-refractivity contribution is 0.299. The number of rotatable bonds is 3. The van der Waals surface area contributed by atoms with E-state index in [1.165, 1.54) is 23.4 Å². The Morgan fingerprint density at radius 3 is 3.13 bits per heavy atom. The first-order valence-corrected chi connectivity index (χ1v) is 6.40. The zero-order chi connectivity index (χ0) is 10.7. The van der Waals surface area contributed by atoms with Crippen molar-refractivity contribution in [3.8, 4) is 0 Å². The zero-order valence-electron chi connectivity index (χ0n) is 9.12. The second-order valence-electron chi connectivity index (χ2n) is 4.07. The lowest BCUT2D eigenvalue weighted by Gasteiger charge is -2.21. The van der Waals surface area contributed by atoms with E-state index in [1.807, 2.05) is 0 Å². The number of nitrogens with zero attached hydrogens (tertiary/aromatic N) is 1. The fourth-order valence-corrected chi connectivity index (χ4v) is 3.14. The van der Waals surface area contributed by atoms with Crippen LogP contribution in [0.2, 0.25) is 0 Å². The van der Waals surface area contributed by atoms with E-state index in [0.717, 1.165) is 18.1 Å². The Morgan fingerprint density at radius 2 is 2.47 bits per heavy atom. The first-order chi connectivity index (χ1) is 7.31. The molecule has 2 N–H and O–H groups in total. The van der Waals surface area contributed by atoms with Crippen molar-refractivity contribution in [2.45, 2.75) is 32.1 Å². The van der Waals surface area contributed by atoms with Crippen LogP contribution in [0.25, 0.3) is 0 Å². The highest BCUT2D eigenvalue weighted by molar-refractivity contribution is 7.11. The third-order valence-electron chi connectivity index (χ3n) is 2.89. The summed E-state index contributed by atoms with van der Waals surface area (Å²) in [7, 11) is 0. The van der Waals surface area contributed by atoms with Crippen LogP contribution < -0.4 is 5.32 Å². The highest BCUT2D eigenvalue weighted by Crippen LogP contribution is 2.29. The lowest BCUT2D eigenvalue weighted by atomic mass is 9.96. The first-order valence-electron chi connectivity index (χ1n) is 5.59. The van der Waals surface area contributed by atoms with Crippen molar-refractivity contribution in [2.24, 2.45) is 0 Å². The fraction of sp³-hybridized carbons (Fsp3) is 0.727. The SMILES string of the molecule is Cc1sc(CCO)nc1C1CCCNC1. The van der Waals surface area contributed by atoms with E-state index in [1.54, 1.807) is 11.3 Å². The Hall–Kier alpha value is -0.450. The van der Waals surface area contributed by atoms with Crippen LogP contribution in [0.1, 0.15) is 34.3 Å². The van der Waals surface area contributed by atoms with E-state index in [-0.39, 0.29) is 6.61 Å². The third kappa shape index (κ3) is 2.56. The molecule has 2 heterocycles. The summed E-state index contributed by atoms with van der Waals surface area (Å²) in [5.74, 6) is 0.586. The van der Waals surface area contributed by atoms with Crippen molar-refractivity contribution in [2.75, 3.05) is 19.7 Å². The average Bonchev–Trinajstić information content (AvgIpc) is 2.61. The molecule has 1 aliphatic heterocycles. The van der Waals surface area contributed by atoms with Gasteiger partial charge in [0, 0.05) is 30.4 Å². The standard InChI is InChI=1S/C11H18N2OS/c1-8-11(9-3-2-5-12-7-9)13-10(15-8)4-6-14/h9,12,14H,2-7H2,1H3. The Balaban J connectivity index is 2.11. The van der Waals surface area contributed by atoms with Gasteiger partial charge in [-0.1, -0.05) is 0 Å². The second kappa shape index (κ2) is 5.05. The van der Waals surface area contributed by atoms with Gasteiger partial charge in [-0.05, 0) is 26.3 Å². The van der Waals surface area contributed by atoms with Crippen molar-refractivity contribution < 1.29 is 5.11 Å². The minimum atomic E-state index is 0.204. The van der Waals surface area contributed by atoms with Crippen LogP contribution in [0.15, 0.2) is 0 Å². The van der Waals surface area contributed by atoms with Gasteiger partial charge in [0.2, 0.25) is 0 Å². The number of aryl methyl sites for hydroxylation is 1. The maximum absolute atomic E-state index is 8.88. The largest absolute Gasteiger partial charge is 0.396 e. The minimum Gasteiger partial charge on any atom is -0.396 e. The summed E-state index contributed by atoms with van der Waals surface area (Å²) in [5.41, 5.74) is 1.26. The van der Waals surface area contributed by atoms with Crippen molar-refractivity contribution >= 4 is 11.3 Å². The molecule has 0 radical (unpaired) electrons. The van der Waals surface area contributed by atoms with Gasteiger partial charge in [0.15, 0.2) is 0 Å². The lowest BCUT2D eigenvalue weighted by Crippen LogP contribution is -2.28. The second-order valence-corrected chi connectivity index (χ2v) is 5.35. The van der Waals surface area contributed by atoms with Crippen LogP contribution in [0, 0.1) is 6.92 Å². The van der Waals surface area contributed by atoms with Crippen LogP contribution in [0.4, 0.5) is 0 Å². The van der Waals surface area contributed by atoms with E-state index in [4.69, 9.17) is 5.11 Å². The van der Waals surface area contributed by atoms with Gasteiger partial charge in [0.25, 0.3) is 0 Å². The van der Waals surface area contributed by atoms with Crippen molar-refractivity contribution in [3.63, 3.8) is 0 Å². The predicted molar refractivity (Wildman–Crippen MR) is 62.5 cm³/mol. The Kier molecular flexibility index (Phi) is 3.72. The smallest absolute Gasteiger partial charge is 0.0953 e. The van der Waals surface area contributed by atoms with Crippen molar-refractivity contribution in [1.29, 1.82) is 0 Å². The molecule has 84 valence electrons. The average molecular weight is 226 g/mol. The highest BCUT2D eigenvalue weighted by Gasteiger charge is 2.20. The monoisotopic (exact) mass is 226 g/mol. The minimum absolute atomic E-state index is 0.204. The molecule has 1 aromatic rings. The Labute approximate surface area is 94.5 Å². The molecule has 1 aliphatic rings. The normalized spacial score (nSPS) is 21.9. The van der Waals surface area contributed by atoms with E-state index in [0.29, 0.717) is 12.3 Å². The first kappa shape index (κ1) is 11.0. The zero-order valence-corrected chi connectivity index (χ0v) is 9.94. The molecule has 0 spiro atoms. The molecule has 1 fully saturated rings. The molecule has 1 atom stereocenters. The summed E-state index contributed by atoms with van der Waals surface area (Å²) in [6.07, 6.45) is 3.19. The number of aliphatic hydroxyl groups is 1. The van der Waals surface area contributed by atoms with Crippen LogP contribution in [0.5, 0.6) is 0 Å². The number of aromatic nitrogens is 1. The number of hydrogen-bond acceptors (Lipinski definition) is 4. The van der Waals surface area contributed by atoms with E-state index >= 15 is 0 Å². The molecule has 0 bridgehead atoms. The summed E-state index contributed by atoms with van der Waals surface area (Å²) < 4.78 is 0. The van der Waals surface area contributed by atoms with Crippen LogP contribution in [-0.2, 0) is 6.42 Å². The van der Waals surface area contributed by atoms with Gasteiger partial charge in [0.1, 0.15) is 0 Å². The van der Waals surface area contributed by atoms with Gasteiger partial charge < -0.3 is 10.4 Å². The Bertz CT molecular complexity index is 318. The molecule has 4 heteroatoms. The van der Waals surface area contributed by atoms with Gasteiger partial charge in [-0.25, -0.2) is 4.98 Å². The summed E-state index contributed by atoms with van der Waals surface area (Å²) >= 11 is 1.73. The number of thiazole rings is 1. The molecule has 3 nitrogen and oxygen atoms in total. The van der Waals surface area contributed by atoms with E-state index in [9.17, 15) is 0 Å². The van der Waals surface area contributed by atoms with Gasteiger partial charge in [-0.3, -0.25) is 0 Å². The Morgan fingerprint density at radius 1 is 1.60 bits per heavy atom. The summed E-state index contributed by atoms with van der Waals surface area (Å²) in [5, 5.41) is 13.4. The molecule has 0 saturated carbocycles. The maximum Gasteiger partial charge on any atom is 0.0953 e. The number of nitrogens with one attached hydrogen (secondary N) is 1. The van der Waals surface area contributed by atoms with Crippen LogP contribution >= 0.6 is 11.3 Å². The van der Waals surface area contributed by atoms with Gasteiger partial charge in [0.05, 0.1) is 10.7 Å². The molecule has 1 unspecified atom stereocenters. The number of aliphatic hydroxyl groups excluding tert-OH is 1. The van der Waals surface area contributed by atoms with E-state index < -0.39 is 0 Å². The highest BCUT2D eigenvalue weighted by atomic mass is 32.1. The molecular weight excluding hydrogens is 208 g/mol. The summed E-state index contributed by atoms with van der Waals surface area (Å²) in [6.45, 7) is 4.55. The topological polar surface area (TPSA) is 45.2 Å². The molecule has 0 aromatic carbocycles. The van der Waals surface area contributed by atoms with Crippen molar-refractivity contribution in [1.82, 2.24) is 10.3 Å². The third-order valence-corrected chi connectivity index (χ3v) is 3.93. The molecule has 1 aromatic heterocycles. The summed E-state index contributed by atoms with van der Waals surface area (Å²) in [4.78, 5) is 5.97. The predicted octanol–water partition coefficient (Wildman–Crippen LogP) is 1.45. The number of piperidine rings is 1. The van der Waals surface area contributed by atoms with Gasteiger partial charge in [-0.15, -0.1) is 11.3 Å². The molecular formula is C11H18N2OS. The quantitative estimate of drug-likeness (QED) is 0.820. The van der Waals surface area contributed by atoms with Gasteiger partial charge >= 0.3 is 0 Å². The fourth-order valence-electron chi connectivity index (χ4n) is 2.13. The van der Waals surface area contributed by atoms with Gasteiger partial charge in [-0.2, -0.15) is 0 Å². The van der Waals surface area contributed by atoms with Crippen LogP contribution in [-0.4, -0.2) is 29.8 Å². The maximum atomic E-state index is 8.88.